The van der Waals surface area contributed by atoms with Crippen molar-refractivity contribution < 1.29 is 48.1 Å². The number of phenols is 1. The Hall–Kier alpha value is -1.74. The zero-order valence-electron chi connectivity index (χ0n) is 21.5. The summed E-state index contributed by atoms with van der Waals surface area (Å²) in [5.74, 6) is -1.07. The fourth-order valence-corrected chi connectivity index (χ4v) is 9.57. The van der Waals surface area contributed by atoms with E-state index in [1.807, 2.05) is 12.1 Å². The van der Waals surface area contributed by atoms with Crippen molar-refractivity contribution in [2.75, 3.05) is 6.54 Å². The summed E-state index contributed by atoms with van der Waals surface area (Å²) in [7, 11) is -10.2. The molecule has 5 unspecified atom stereocenters. The predicted octanol–water partition coefficient (Wildman–Crippen LogP) is 2.98. The van der Waals surface area contributed by atoms with E-state index >= 15 is 0 Å². The minimum absolute atomic E-state index is 0.207. The Bertz CT molecular complexity index is 1160. The topological polar surface area (TPSA) is 191 Å². The van der Waals surface area contributed by atoms with Crippen molar-refractivity contribution in [2.45, 2.75) is 76.2 Å². The van der Waals surface area contributed by atoms with Crippen molar-refractivity contribution in [2.24, 2.45) is 23.2 Å². The number of ether oxygens (including phenoxy) is 1. The first-order chi connectivity index (χ1) is 17.6. The number of hydrogen-bond donors (Lipinski definition) is 6. The number of fused-ring (bicyclic) bond motifs is 5. The van der Waals surface area contributed by atoms with Crippen LogP contribution in [0, 0.1) is 23.2 Å². The quantitative estimate of drug-likeness (QED) is 0.153. The van der Waals surface area contributed by atoms with E-state index < -0.39 is 51.4 Å². The van der Waals surface area contributed by atoms with Crippen LogP contribution >= 0.6 is 15.2 Å². The second kappa shape index (κ2) is 10.7. The first-order valence-electron chi connectivity index (χ1n) is 13.0. The molecule has 4 rings (SSSR count). The van der Waals surface area contributed by atoms with Gasteiger partial charge in [-0.25, -0.2) is 0 Å². The van der Waals surface area contributed by atoms with Crippen molar-refractivity contribution >= 4 is 27.1 Å². The number of hydrogen-bond acceptors (Lipinski definition) is 6. The minimum atomic E-state index is -5.09. The second-order valence-electron chi connectivity index (χ2n) is 11.3. The molecule has 3 aliphatic rings. The van der Waals surface area contributed by atoms with Gasteiger partial charge in [-0.2, -0.15) is 0 Å². The Morgan fingerprint density at radius 3 is 2.45 bits per heavy atom. The van der Waals surface area contributed by atoms with Crippen LogP contribution in [0.3, 0.4) is 0 Å². The van der Waals surface area contributed by atoms with Crippen LogP contribution in [0.5, 0.6) is 5.75 Å². The Kier molecular flexibility index (Phi) is 8.22. The van der Waals surface area contributed by atoms with Crippen LogP contribution in [0.25, 0.3) is 0 Å². The van der Waals surface area contributed by atoms with Gasteiger partial charge in [0.1, 0.15) is 17.8 Å². The van der Waals surface area contributed by atoms with Crippen LogP contribution in [0.1, 0.15) is 69.4 Å². The summed E-state index contributed by atoms with van der Waals surface area (Å²) in [4.78, 5) is 62.2. The smallest absolute Gasteiger partial charge is 0.340 e. The highest BCUT2D eigenvalue weighted by molar-refractivity contribution is 7.70. The average Bonchev–Trinajstić information content (AvgIpc) is 3.15. The predicted molar refractivity (Wildman–Crippen MR) is 137 cm³/mol. The van der Waals surface area contributed by atoms with E-state index in [4.69, 9.17) is 4.74 Å². The zero-order chi connectivity index (χ0) is 28.0. The summed E-state index contributed by atoms with van der Waals surface area (Å²) in [5, 5.41) is 9.99. The van der Waals surface area contributed by atoms with E-state index in [1.54, 1.807) is 6.07 Å². The lowest BCUT2D eigenvalue weighted by molar-refractivity contribution is -0.164. The van der Waals surface area contributed by atoms with Crippen LogP contribution in [0.15, 0.2) is 18.2 Å². The summed E-state index contributed by atoms with van der Waals surface area (Å²) in [6.07, 6.45) is 4.43. The van der Waals surface area contributed by atoms with Crippen molar-refractivity contribution in [3.8, 4) is 5.75 Å². The van der Waals surface area contributed by atoms with Crippen molar-refractivity contribution in [1.82, 2.24) is 5.32 Å². The van der Waals surface area contributed by atoms with E-state index in [2.05, 4.69) is 12.2 Å². The van der Waals surface area contributed by atoms with Gasteiger partial charge in [0.2, 0.25) is 5.91 Å². The van der Waals surface area contributed by atoms with E-state index in [9.17, 15) is 43.4 Å². The Morgan fingerprint density at radius 2 is 1.79 bits per heavy atom. The van der Waals surface area contributed by atoms with Gasteiger partial charge >= 0.3 is 21.2 Å². The molecule has 0 saturated heterocycles. The molecule has 0 heterocycles. The van der Waals surface area contributed by atoms with Crippen LogP contribution in [-0.4, -0.2) is 54.6 Å². The van der Waals surface area contributed by atoms with E-state index in [1.165, 1.54) is 18.1 Å². The molecule has 6 atom stereocenters. The van der Waals surface area contributed by atoms with Crippen molar-refractivity contribution in [3.05, 3.63) is 29.3 Å². The molecule has 0 spiro atoms. The molecule has 38 heavy (non-hydrogen) atoms. The lowest BCUT2D eigenvalue weighted by atomic mass is 9.55. The number of carbonyl (C=O) groups is 2. The van der Waals surface area contributed by atoms with E-state index in [-0.39, 0.29) is 17.3 Å². The molecule has 3 aliphatic carbocycles. The van der Waals surface area contributed by atoms with Crippen LogP contribution in [0.4, 0.5) is 0 Å². The van der Waals surface area contributed by atoms with Crippen LogP contribution in [-0.2, 0) is 29.9 Å². The monoisotopic (exact) mass is 573 g/mol. The highest BCUT2D eigenvalue weighted by Gasteiger charge is 2.56. The van der Waals surface area contributed by atoms with Crippen LogP contribution in [0.2, 0.25) is 0 Å². The van der Waals surface area contributed by atoms with Gasteiger partial charge in [-0.1, -0.05) is 13.0 Å². The SMILES string of the molecule is CC(C(=O)NCCC(P(=O)(O)O)P(=O)(O)O)C(=O)O[C@H]1CCC2C3CCc4cc(O)ccc4C3CCC21C. The Balaban J connectivity index is 1.35. The number of rotatable bonds is 8. The molecule has 0 aliphatic heterocycles. The molecule has 6 N–H and O–H groups in total. The maximum atomic E-state index is 12.9. The van der Waals surface area contributed by atoms with Gasteiger partial charge < -0.3 is 34.7 Å². The van der Waals surface area contributed by atoms with Gasteiger partial charge in [-0.3, -0.25) is 18.7 Å². The lowest BCUT2D eigenvalue weighted by Crippen LogP contribution is -2.46. The molecular formula is C25H37NO10P2. The summed E-state index contributed by atoms with van der Waals surface area (Å²) in [6, 6.07) is 5.65. The average molecular weight is 574 g/mol. The van der Waals surface area contributed by atoms with Crippen LogP contribution < -0.4 is 5.32 Å². The van der Waals surface area contributed by atoms with Gasteiger partial charge in [0.25, 0.3) is 0 Å². The molecule has 2 fully saturated rings. The number of amides is 1. The molecule has 0 aromatic heterocycles. The summed E-state index contributed by atoms with van der Waals surface area (Å²) in [6.45, 7) is 3.13. The maximum absolute atomic E-state index is 12.9. The van der Waals surface area contributed by atoms with Gasteiger partial charge in [0.05, 0.1) is 0 Å². The standard InChI is InChI=1S/C25H37NO10P2/c1-14(23(28)26-12-10-22(37(30,31)32)38(33,34)35)24(29)36-21-8-7-20-19-5-3-15-13-16(27)4-6-17(15)18(19)9-11-25(20,21)2/h4,6,13-14,18-22,27H,3,5,7-12H2,1-2H3,(H,26,28)(H2,30,31,32)(H2,33,34,35)/t14?,18?,19?,20?,21-,25?/m0/s1. The number of phenolic OH excluding ortho intramolecular Hbond substituents is 1. The number of aryl methyl sites for hydroxylation is 1. The molecular weight excluding hydrogens is 536 g/mol. The number of aromatic hydroxyl groups is 1. The molecule has 0 radical (unpaired) electrons. The fraction of sp³-hybridized carbons (Fsp3) is 0.680. The first-order valence-corrected chi connectivity index (χ1v) is 16.4. The van der Waals surface area contributed by atoms with E-state index in [0.717, 1.165) is 32.1 Å². The summed E-state index contributed by atoms with van der Waals surface area (Å²) in [5.41, 5.74) is 2.32. The second-order valence-corrected chi connectivity index (χ2v) is 15.3. The molecule has 212 valence electrons. The molecule has 11 nitrogen and oxygen atoms in total. The lowest BCUT2D eigenvalue weighted by Gasteiger charge is -2.50. The van der Waals surface area contributed by atoms with Crippen molar-refractivity contribution in [1.29, 1.82) is 0 Å². The highest BCUT2D eigenvalue weighted by atomic mass is 31.2. The zero-order valence-corrected chi connectivity index (χ0v) is 23.3. The fourth-order valence-electron chi connectivity index (χ4n) is 7.07. The number of nitrogens with one attached hydrogen (secondary N) is 1. The number of benzene rings is 1. The van der Waals surface area contributed by atoms with Gasteiger partial charge in [0, 0.05) is 12.0 Å². The number of carbonyl (C=O) groups excluding carboxylic acids is 2. The largest absolute Gasteiger partial charge is 0.508 e. The summed E-state index contributed by atoms with van der Waals surface area (Å²) < 4.78 is 28.7. The molecule has 0 bridgehead atoms. The number of esters is 1. The molecule has 1 aromatic carbocycles. The van der Waals surface area contributed by atoms with Gasteiger partial charge in [-0.05, 0) is 92.9 Å². The Labute approximate surface area is 221 Å². The molecule has 1 amide bonds. The molecule has 2 saturated carbocycles. The van der Waals surface area contributed by atoms with Crippen molar-refractivity contribution in [3.63, 3.8) is 0 Å². The summed E-state index contributed by atoms with van der Waals surface area (Å²) >= 11 is 0. The molecule has 13 heteroatoms. The molecule has 1 aromatic rings. The first kappa shape index (κ1) is 29.2. The van der Waals surface area contributed by atoms with Gasteiger partial charge in [-0.15, -0.1) is 0 Å². The Morgan fingerprint density at radius 1 is 1.11 bits per heavy atom. The third-order valence-corrected chi connectivity index (χ3v) is 13.0. The normalized spacial score (nSPS) is 29.7. The van der Waals surface area contributed by atoms with Gasteiger partial charge in [0.15, 0.2) is 5.40 Å². The third-order valence-electron chi connectivity index (χ3n) is 9.11. The maximum Gasteiger partial charge on any atom is 0.340 e. The highest BCUT2D eigenvalue weighted by Crippen LogP contribution is 2.62. The third kappa shape index (κ3) is 5.74. The van der Waals surface area contributed by atoms with E-state index in [0.29, 0.717) is 24.2 Å². The minimum Gasteiger partial charge on any atom is -0.508 e.